The summed E-state index contributed by atoms with van der Waals surface area (Å²) in [5, 5.41) is 20.0. The van der Waals surface area contributed by atoms with Gasteiger partial charge in [0.25, 0.3) is 0 Å². The molecule has 0 aliphatic carbocycles. The van der Waals surface area contributed by atoms with Crippen LogP contribution in [-0.2, 0) is 0 Å². The number of nitrogens with zero attached hydrogens (tertiary/aromatic N) is 3. The largest absolute Gasteiger partial charge is 0.386 e. The molecule has 0 radical (unpaired) electrons. The Morgan fingerprint density at radius 3 is 1.85 bits per heavy atom. The normalized spacial score (nSPS) is 13.3. The Hall–Kier alpha value is -2.51. The molecule has 4 rings (SSSR count). The number of benzene rings is 3. The van der Waals surface area contributed by atoms with Crippen molar-refractivity contribution in [2.24, 2.45) is 0 Å². The van der Waals surface area contributed by atoms with Crippen LogP contribution in [0.2, 0.25) is 0 Å². The standard InChI is InChI=1S/C22H18IN3O/c23-22-19(16-10-4-1-5-11-16)24-25-26(22)20(17-12-6-2-7-13-17)21(27)18-14-8-3-9-15-18/h1-15,20-21,27H/t20-,21+/m1/s1. The minimum absolute atomic E-state index is 0.370. The molecule has 4 nitrogen and oxygen atoms in total. The molecule has 3 aromatic carbocycles. The zero-order valence-electron chi connectivity index (χ0n) is 14.5. The second kappa shape index (κ2) is 8.02. The Morgan fingerprint density at radius 1 is 0.741 bits per heavy atom. The maximum absolute atomic E-state index is 11.2. The Morgan fingerprint density at radius 2 is 1.26 bits per heavy atom. The van der Waals surface area contributed by atoms with Crippen molar-refractivity contribution in [2.75, 3.05) is 0 Å². The van der Waals surface area contributed by atoms with Crippen molar-refractivity contribution in [1.82, 2.24) is 15.0 Å². The van der Waals surface area contributed by atoms with E-state index in [0.29, 0.717) is 0 Å². The van der Waals surface area contributed by atoms with Gasteiger partial charge in [0.2, 0.25) is 0 Å². The zero-order valence-corrected chi connectivity index (χ0v) is 16.6. The van der Waals surface area contributed by atoms with E-state index < -0.39 is 6.10 Å². The number of rotatable bonds is 5. The van der Waals surface area contributed by atoms with Gasteiger partial charge in [-0.1, -0.05) is 96.2 Å². The number of hydrogen-bond acceptors (Lipinski definition) is 3. The summed E-state index contributed by atoms with van der Waals surface area (Å²) in [6.07, 6.45) is -0.743. The van der Waals surface area contributed by atoms with Crippen molar-refractivity contribution >= 4 is 22.6 Å². The van der Waals surface area contributed by atoms with Gasteiger partial charge in [-0.05, 0) is 33.7 Å². The van der Waals surface area contributed by atoms with Crippen molar-refractivity contribution in [3.8, 4) is 11.3 Å². The van der Waals surface area contributed by atoms with Crippen molar-refractivity contribution in [3.63, 3.8) is 0 Å². The third-order valence-electron chi connectivity index (χ3n) is 4.53. The number of aliphatic hydroxyl groups is 1. The number of aromatic nitrogens is 3. The van der Waals surface area contributed by atoms with E-state index in [1.807, 2.05) is 95.7 Å². The first-order valence-corrected chi connectivity index (χ1v) is 9.77. The monoisotopic (exact) mass is 467 g/mol. The fourth-order valence-corrected chi connectivity index (χ4v) is 3.99. The average Bonchev–Trinajstić information content (AvgIpc) is 3.11. The molecular weight excluding hydrogens is 449 g/mol. The molecule has 134 valence electrons. The fraction of sp³-hybridized carbons (Fsp3) is 0.0909. The smallest absolute Gasteiger partial charge is 0.128 e. The van der Waals surface area contributed by atoms with E-state index in [1.165, 1.54) is 0 Å². The van der Waals surface area contributed by atoms with Gasteiger partial charge < -0.3 is 5.11 Å². The summed E-state index contributed by atoms with van der Waals surface area (Å²) in [5.41, 5.74) is 3.65. The van der Waals surface area contributed by atoms with Gasteiger partial charge in [0.05, 0.1) is 0 Å². The van der Waals surface area contributed by atoms with Crippen molar-refractivity contribution in [2.45, 2.75) is 12.1 Å². The van der Waals surface area contributed by atoms with Crippen molar-refractivity contribution in [3.05, 3.63) is 106 Å². The van der Waals surface area contributed by atoms with Gasteiger partial charge >= 0.3 is 0 Å². The van der Waals surface area contributed by atoms with Crippen LogP contribution in [-0.4, -0.2) is 20.1 Å². The molecule has 0 saturated carbocycles. The van der Waals surface area contributed by atoms with Gasteiger partial charge in [-0.3, -0.25) is 0 Å². The lowest BCUT2D eigenvalue weighted by atomic mass is 9.96. The second-order valence-corrected chi connectivity index (χ2v) is 7.27. The molecule has 1 aromatic heterocycles. The SMILES string of the molecule is O[C@@H](c1ccccc1)[C@@H](c1ccccc1)n1nnc(-c2ccccc2)c1I. The minimum atomic E-state index is -0.743. The predicted molar refractivity (Wildman–Crippen MR) is 114 cm³/mol. The Balaban J connectivity index is 1.82. The molecule has 0 aliphatic rings. The average molecular weight is 467 g/mol. The molecule has 0 bridgehead atoms. The summed E-state index contributed by atoms with van der Waals surface area (Å²) < 4.78 is 2.71. The van der Waals surface area contributed by atoms with E-state index in [2.05, 4.69) is 32.9 Å². The summed E-state index contributed by atoms with van der Waals surface area (Å²) in [5.74, 6) is 0. The highest BCUT2D eigenvalue weighted by molar-refractivity contribution is 14.1. The van der Waals surface area contributed by atoms with Crippen LogP contribution in [0, 0.1) is 3.70 Å². The molecule has 0 amide bonds. The summed E-state index contributed by atoms with van der Waals surface area (Å²) in [7, 11) is 0. The first-order valence-electron chi connectivity index (χ1n) is 8.70. The molecule has 2 atom stereocenters. The lowest BCUT2D eigenvalue weighted by molar-refractivity contribution is 0.123. The molecule has 5 heteroatoms. The van der Waals surface area contributed by atoms with Crippen LogP contribution in [0.25, 0.3) is 11.3 Å². The van der Waals surface area contributed by atoms with E-state index in [1.54, 1.807) is 0 Å². The van der Waals surface area contributed by atoms with Crippen LogP contribution in [0.15, 0.2) is 91.0 Å². The highest BCUT2D eigenvalue weighted by Gasteiger charge is 2.28. The molecule has 0 unspecified atom stereocenters. The molecule has 0 saturated heterocycles. The molecule has 27 heavy (non-hydrogen) atoms. The molecular formula is C22H18IN3O. The first kappa shape index (κ1) is 17.9. The Bertz CT molecular complexity index is 1000. The summed E-state index contributed by atoms with van der Waals surface area (Å²) >= 11 is 2.26. The van der Waals surface area contributed by atoms with Gasteiger partial charge in [-0.2, -0.15) is 0 Å². The van der Waals surface area contributed by atoms with Crippen LogP contribution in [0.1, 0.15) is 23.3 Å². The highest BCUT2D eigenvalue weighted by atomic mass is 127. The van der Waals surface area contributed by atoms with Crippen LogP contribution in [0.4, 0.5) is 0 Å². The highest BCUT2D eigenvalue weighted by Crippen LogP contribution is 2.35. The minimum Gasteiger partial charge on any atom is -0.386 e. The summed E-state index contributed by atoms with van der Waals surface area (Å²) in [4.78, 5) is 0. The molecule has 4 aromatic rings. The number of hydrogen-bond donors (Lipinski definition) is 1. The van der Waals surface area contributed by atoms with Crippen molar-refractivity contribution in [1.29, 1.82) is 0 Å². The Labute approximate surface area is 171 Å². The van der Waals surface area contributed by atoms with Gasteiger partial charge in [0.1, 0.15) is 21.5 Å². The van der Waals surface area contributed by atoms with E-state index >= 15 is 0 Å². The van der Waals surface area contributed by atoms with Gasteiger partial charge in [0.15, 0.2) is 0 Å². The fourth-order valence-electron chi connectivity index (χ4n) is 3.17. The van der Waals surface area contributed by atoms with Crippen LogP contribution >= 0.6 is 22.6 Å². The molecule has 0 aliphatic heterocycles. The maximum atomic E-state index is 11.2. The lowest BCUT2D eigenvalue weighted by Gasteiger charge is -2.24. The third kappa shape index (κ3) is 3.65. The number of aliphatic hydroxyl groups excluding tert-OH is 1. The summed E-state index contributed by atoms with van der Waals surface area (Å²) in [6.45, 7) is 0. The van der Waals surface area contributed by atoms with Crippen LogP contribution in [0.3, 0.4) is 0 Å². The summed E-state index contributed by atoms with van der Waals surface area (Å²) in [6, 6.07) is 29.2. The molecule has 0 fully saturated rings. The maximum Gasteiger partial charge on any atom is 0.128 e. The first-order chi connectivity index (χ1) is 13.3. The van der Waals surface area contributed by atoms with E-state index in [-0.39, 0.29) is 6.04 Å². The molecule has 1 heterocycles. The molecule has 1 N–H and O–H groups in total. The van der Waals surface area contributed by atoms with Crippen molar-refractivity contribution < 1.29 is 5.11 Å². The van der Waals surface area contributed by atoms with Gasteiger partial charge in [-0.25, -0.2) is 4.68 Å². The topological polar surface area (TPSA) is 50.9 Å². The molecule has 0 spiro atoms. The number of halogens is 1. The quantitative estimate of drug-likeness (QED) is 0.426. The van der Waals surface area contributed by atoms with E-state index in [4.69, 9.17) is 0 Å². The van der Waals surface area contributed by atoms with Gasteiger partial charge in [0, 0.05) is 5.56 Å². The Kier molecular flexibility index (Phi) is 5.31. The predicted octanol–water partition coefficient (Wildman–Crippen LogP) is 4.87. The third-order valence-corrected chi connectivity index (χ3v) is 5.53. The zero-order chi connectivity index (χ0) is 18.6. The van der Waals surface area contributed by atoms with E-state index in [9.17, 15) is 5.11 Å². The second-order valence-electron chi connectivity index (χ2n) is 6.25. The van der Waals surface area contributed by atoms with E-state index in [0.717, 1.165) is 26.1 Å². The van der Waals surface area contributed by atoms with Gasteiger partial charge in [-0.15, -0.1) is 5.10 Å². The van der Waals surface area contributed by atoms with Crippen LogP contribution < -0.4 is 0 Å². The van der Waals surface area contributed by atoms with Crippen LogP contribution in [0.5, 0.6) is 0 Å². The lowest BCUT2D eigenvalue weighted by Crippen LogP contribution is -2.21.